The van der Waals surface area contributed by atoms with Crippen LogP contribution in [-0.4, -0.2) is 25.0 Å². The van der Waals surface area contributed by atoms with Crippen LogP contribution in [0, 0.1) is 16.7 Å². The monoisotopic (exact) mass is 226 g/mol. The Labute approximate surface area is 99.4 Å². The highest BCUT2D eigenvalue weighted by atomic mass is 16.2. The average Bonchev–Trinajstić information content (AvgIpc) is 2.55. The van der Waals surface area contributed by atoms with Gasteiger partial charge in [-0.25, -0.2) is 0 Å². The Morgan fingerprint density at radius 2 is 1.75 bits per heavy atom. The Bertz CT molecular complexity index is 257. The molecule has 0 aromatic heterocycles. The van der Waals surface area contributed by atoms with Gasteiger partial charge in [-0.15, -0.1) is 0 Å². The van der Waals surface area contributed by atoms with Crippen molar-refractivity contribution in [3.8, 4) is 0 Å². The Kier molecular flexibility index (Phi) is 3.68. The van der Waals surface area contributed by atoms with Crippen LogP contribution in [0.15, 0.2) is 0 Å². The standard InChI is InChI=1S/C13H26N2O/c1-7-14-11(16)9(2)15-8-10-12(3,4)13(10,5)6/h9-10,15H,7-8H2,1-6H3,(H,14,16). The number of hydrogen-bond donors (Lipinski definition) is 2. The molecule has 0 saturated heterocycles. The van der Waals surface area contributed by atoms with Crippen LogP contribution in [0.25, 0.3) is 0 Å². The average molecular weight is 226 g/mol. The van der Waals surface area contributed by atoms with Gasteiger partial charge in [0.05, 0.1) is 6.04 Å². The molecule has 3 heteroatoms. The van der Waals surface area contributed by atoms with Crippen LogP contribution in [0.2, 0.25) is 0 Å². The van der Waals surface area contributed by atoms with Crippen molar-refractivity contribution in [2.24, 2.45) is 16.7 Å². The van der Waals surface area contributed by atoms with Crippen molar-refractivity contribution in [3.63, 3.8) is 0 Å². The normalized spacial score (nSPS) is 23.9. The van der Waals surface area contributed by atoms with Crippen molar-refractivity contribution >= 4 is 5.91 Å². The first kappa shape index (κ1) is 13.5. The summed E-state index contributed by atoms with van der Waals surface area (Å²) < 4.78 is 0. The first-order valence-corrected chi connectivity index (χ1v) is 6.26. The summed E-state index contributed by atoms with van der Waals surface area (Å²) in [7, 11) is 0. The molecule has 1 aliphatic carbocycles. The van der Waals surface area contributed by atoms with Crippen molar-refractivity contribution in [3.05, 3.63) is 0 Å². The van der Waals surface area contributed by atoms with Gasteiger partial charge in [0.25, 0.3) is 0 Å². The third kappa shape index (κ3) is 2.24. The minimum absolute atomic E-state index is 0.0906. The fraction of sp³-hybridized carbons (Fsp3) is 0.923. The molecule has 3 nitrogen and oxygen atoms in total. The smallest absolute Gasteiger partial charge is 0.236 e. The van der Waals surface area contributed by atoms with Crippen LogP contribution in [0.1, 0.15) is 41.5 Å². The van der Waals surface area contributed by atoms with Crippen molar-refractivity contribution in [1.29, 1.82) is 0 Å². The van der Waals surface area contributed by atoms with E-state index in [0.29, 0.717) is 23.3 Å². The summed E-state index contributed by atoms with van der Waals surface area (Å²) in [6.07, 6.45) is 0. The third-order valence-corrected chi connectivity index (χ3v) is 4.69. The molecule has 1 rings (SSSR count). The molecule has 0 aromatic rings. The molecule has 1 amide bonds. The Hall–Kier alpha value is -0.570. The zero-order valence-electron chi connectivity index (χ0n) is 11.5. The highest BCUT2D eigenvalue weighted by Gasteiger charge is 2.63. The molecule has 0 heterocycles. The predicted octanol–water partition coefficient (Wildman–Crippen LogP) is 1.78. The number of amides is 1. The molecular formula is C13H26N2O. The lowest BCUT2D eigenvalue weighted by Gasteiger charge is -2.13. The minimum atomic E-state index is -0.0906. The van der Waals surface area contributed by atoms with Gasteiger partial charge in [0, 0.05) is 6.54 Å². The van der Waals surface area contributed by atoms with Crippen molar-refractivity contribution in [2.75, 3.05) is 13.1 Å². The number of nitrogens with one attached hydrogen (secondary N) is 2. The van der Waals surface area contributed by atoms with E-state index in [0.717, 1.165) is 6.54 Å². The maximum atomic E-state index is 11.5. The zero-order chi connectivity index (χ0) is 12.6. The van der Waals surface area contributed by atoms with Gasteiger partial charge in [0.2, 0.25) is 5.91 Å². The molecule has 0 aliphatic heterocycles. The van der Waals surface area contributed by atoms with Gasteiger partial charge in [0.15, 0.2) is 0 Å². The van der Waals surface area contributed by atoms with E-state index < -0.39 is 0 Å². The summed E-state index contributed by atoms with van der Waals surface area (Å²) in [5.41, 5.74) is 0.780. The predicted molar refractivity (Wildman–Crippen MR) is 67.2 cm³/mol. The summed E-state index contributed by atoms with van der Waals surface area (Å²) in [6.45, 7) is 14.7. The quantitative estimate of drug-likeness (QED) is 0.750. The SMILES string of the molecule is CCNC(=O)C(C)NCC1C(C)(C)C1(C)C. The Morgan fingerprint density at radius 1 is 1.25 bits per heavy atom. The van der Waals surface area contributed by atoms with Gasteiger partial charge in [0.1, 0.15) is 0 Å². The lowest BCUT2D eigenvalue weighted by molar-refractivity contribution is -0.122. The van der Waals surface area contributed by atoms with Crippen molar-refractivity contribution in [1.82, 2.24) is 10.6 Å². The lowest BCUT2D eigenvalue weighted by Crippen LogP contribution is -2.43. The van der Waals surface area contributed by atoms with Crippen LogP contribution >= 0.6 is 0 Å². The van der Waals surface area contributed by atoms with Crippen LogP contribution in [0.3, 0.4) is 0 Å². The van der Waals surface area contributed by atoms with Crippen LogP contribution in [-0.2, 0) is 4.79 Å². The van der Waals surface area contributed by atoms with Gasteiger partial charge in [-0.2, -0.15) is 0 Å². The minimum Gasteiger partial charge on any atom is -0.355 e. The fourth-order valence-electron chi connectivity index (χ4n) is 2.56. The van der Waals surface area contributed by atoms with E-state index in [1.54, 1.807) is 0 Å². The molecule has 1 fully saturated rings. The van der Waals surface area contributed by atoms with Gasteiger partial charge < -0.3 is 10.6 Å². The van der Waals surface area contributed by atoms with Crippen LogP contribution < -0.4 is 10.6 Å². The molecule has 1 unspecified atom stereocenters. The number of rotatable bonds is 5. The number of likely N-dealkylation sites (N-methyl/N-ethyl adjacent to an activating group) is 1. The summed E-state index contributed by atoms with van der Waals surface area (Å²) in [5.74, 6) is 0.760. The molecule has 94 valence electrons. The molecule has 1 aliphatic rings. The molecule has 16 heavy (non-hydrogen) atoms. The Balaban J connectivity index is 2.35. The second-order valence-corrected chi connectivity index (χ2v) is 6.02. The van der Waals surface area contributed by atoms with Gasteiger partial charge in [-0.05, 0) is 37.1 Å². The summed E-state index contributed by atoms with van der Waals surface area (Å²) in [4.78, 5) is 11.5. The van der Waals surface area contributed by atoms with Gasteiger partial charge in [-0.3, -0.25) is 4.79 Å². The molecule has 2 N–H and O–H groups in total. The molecular weight excluding hydrogens is 200 g/mol. The van der Waals surface area contributed by atoms with E-state index >= 15 is 0 Å². The molecule has 0 radical (unpaired) electrons. The molecule has 1 atom stereocenters. The number of carbonyl (C=O) groups is 1. The maximum absolute atomic E-state index is 11.5. The first-order valence-electron chi connectivity index (χ1n) is 6.26. The van der Waals surface area contributed by atoms with Crippen LogP contribution in [0.4, 0.5) is 0 Å². The van der Waals surface area contributed by atoms with E-state index in [1.807, 2.05) is 13.8 Å². The fourth-order valence-corrected chi connectivity index (χ4v) is 2.56. The van der Waals surface area contributed by atoms with E-state index in [-0.39, 0.29) is 11.9 Å². The summed E-state index contributed by atoms with van der Waals surface area (Å²) >= 11 is 0. The van der Waals surface area contributed by atoms with Gasteiger partial charge in [-0.1, -0.05) is 27.7 Å². The van der Waals surface area contributed by atoms with E-state index in [1.165, 1.54) is 0 Å². The second-order valence-electron chi connectivity index (χ2n) is 6.02. The number of carbonyl (C=O) groups excluding carboxylic acids is 1. The molecule has 0 aromatic carbocycles. The lowest BCUT2D eigenvalue weighted by atomic mass is 10.0. The topological polar surface area (TPSA) is 41.1 Å². The first-order chi connectivity index (χ1) is 7.25. The molecule has 0 spiro atoms. The summed E-state index contributed by atoms with van der Waals surface area (Å²) in [6, 6.07) is -0.0906. The van der Waals surface area contributed by atoms with Crippen molar-refractivity contribution in [2.45, 2.75) is 47.6 Å². The highest BCUT2D eigenvalue weighted by molar-refractivity contribution is 5.81. The van der Waals surface area contributed by atoms with E-state index in [9.17, 15) is 4.79 Å². The molecule has 0 bridgehead atoms. The Morgan fingerprint density at radius 3 is 2.12 bits per heavy atom. The second kappa shape index (κ2) is 4.36. The van der Waals surface area contributed by atoms with E-state index in [2.05, 4.69) is 38.3 Å². The third-order valence-electron chi connectivity index (χ3n) is 4.69. The van der Waals surface area contributed by atoms with E-state index in [4.69, 9.17) is 0 Å². The van der Waals surface area contributed by atoms with Crippen LogP contribution in [0.5, 0.6) is 0 Å². The largest absolute Gasteiger partial charge is 0.355 e. The number of hydrogen-bond acceptors (Lipinski definition) is 2. The van der Waals surface area contributed by atoms with Gasteiger partial charge >= 0.3 is 0 Å². The maximum Gasteiger partial charge on any atom is 0.236 e. The van der Waals surface area contributed by atoms with Crippen molar-refractivity contribution < 1.29 is 4.79 Å². The molecule has 1 saturated carbocycles. The highest BCUT2D eigenvalue weighted by Crippen LogP contribution is 2.67. The summed E-state index contributed by atoms with van der Waals surface area (Å²) in [5, 5.41) is 6.16. The zero-order valence-corrected chi connectivity index (χ0v) is 11.5.